The molecule has 0 radical (unpaired) electrons. The lowest BCUT2D eigenvalue weighted by atomic mass is 10.0. The number of rotatable bonds is 6. The maximum absolute atomic E-state index is 10.8. The summed E-state index contributed by atoms with van der Waals surface area (Å²) < 4.78 is 28.1. The number of hydrogen-bond donors (Lipinski definition) is 1. The van der Waals surface area contributed by atoms with Crippen molar-refractivity contribution in [2.75, 3.05) is 6.61 Å². The van der Waals surface area contributed by atoms with Crippen LogP contribution in [0.3, 0.4) is 0 Å². The highest BCUT2D eigenvalue weighted by molar-refractivity contribution is 7.77. The largest absolute Gasteiger partial charge is 0.461 e. The fourth-order valence-electron chi connectivity index (χ4n) is 2.61. The lowest BCUT2D eigenvalue weighted by molar-refractivity contribution is -0.211. The Morgan fingerprint density at radius 1 is 1.45 bits per heavy atom. The molecule has 2 N–H and O–H groups in total. The molecule has 22 heavy (non-hydrogen) atoms. The summed E-state index contributed by atoms with van der Waals surface area (Å²) in [6.45, 7) is 4.31. The molecule has 0 saturated carbocycles. The van der Waals surface area contributed by atoms with Crippen LogP contribution in [-0.4, -0.2) is 22.7 Å². The quantitative estimate of drug-likeness (QED) is 0.858. The van der Waals surface area contributed by atoms with E-state index in [-0.39, 0.29) is 12.7 Å². The predicted molar refractivity (Wildman–Crippen MR) is 86.9 cm³/mol. The van der Waals surface area contributed by atoms with Gasteiger partial charge in [0.15, 0.2) is 0 Å². The van der Waals surface area contributed by atoms with Crippen LogP contribution in [0.2, 0.25) is 5.02 Å². The van der Waals surface area contributed by atoms with E-state index in [4.69, 9.17) is 30.4 Å². The van der Waals surface area contributed by atoms with Crippen LogP contribution >= 0.6 is 11.6 Å². The zero-order chi connectivity index (χ0) is 16.2. The third-order valence-corrected chi connectivity index (χ3v) is 4.58. The van der Waals surface area contributed by atoms with Crippen molar-refractivity contribution in [3.05, 3.63) is 28.8 Å². The number of nitrogens with two attached hydrogens (primary N) is 1. The number of hydrogen-bond acceptors (Lipinski definition) is 4. The van der Waals surface area contributed by atoms with Crippen LogP contribution in [0.5, 0.6) is 5.75 Å². The highest BCUT2D eigenvalue weighted by atomic mass is 35.5. The first-order chi connectivity index (χ1) is 10.5. The average Bonchev–Trinajstić information content (AvgIpc) is 2.65. The van der Waals surface area contributed by atoms with E-state index in [2.05, 4.69) is 0 Å². The minimum absolute atomic E-state index is 0.108. The van der Waals surface area contributed by atoms with Gasteiger partial charge >= 0.3 is 0 Å². The molecule has 1 aromatic carbocycles. The maximum Gasteiger partial charge on any atom is 0.231 e. The molecule has 5 nitrogen and oxygen atoms in total. The van der Waals surface area contributed by atoms with E-state index >= 15 is 0 Å². The fourth-order valence-corrected chi connectivity index (χ4v) is 3.11. The maximum atomic E-state index is 10.8. The topological polar surface area (TPSA) is 70.8 Å². The van der Waals surface area contributed by atoms with Crippen LogP contribution in [0, 0.1) is 0 Å². The van der Waals surface area contributed by atoms with Gasteiger partial charge in [0.05, 0.1) is 17.7 Å². The van der Waals surface area contributed by atoms with E-state index in [0.29, 0.717) is 36.5 Å². The molecule has 1 heterocycles. The average molecular weight is 348 g/mol. The Hall–Kier alpha value is -0.660. The Balaban J connectivity index is 2.24. The van der Waals surface area contributed by atoms with Crippen LogP contribution in [-0.2, 0) is 26.6 Å². The molecule has 1 aliphatic heterocycles. The van der Waals surface area contributed by atoms with Crippen molar-refractivity contribution < 1.29 is 17.9 Å². The SMILES string of the molecule is CCC1(CC)Oc2c(Cl)cccc2CC(CCOS(N)=O)O1. The molecule has 0 aromatic heterocycles. The zero-order valence-electron chi connectivity index (χ0n) is 12.8. The van der Waals surface area contributed by atoms with Crippen molar-refractivity contribution in [1.82, 2.24) is 0 Å². The number of benzene rings is 1. The Labute approximate surface area is 138 Å². The molecule has 0 amide bonds. The van der Waals surface area contributed by atoms with E-state index < -0.39 is 17.1 Å². The second-order valence-corrected chi connectivity index (χ2v) is 6.43. The van der Waals surface area contributed by atoms with Gasteiger partial charge in [-0.15, -0.1) is 0 Å². The van der Waals surface area contributed by atoms with E-state index in [9.17, 15) is 4.21 Å². The van der Waals surface area contributed by atoms with Crippen LogP contribution in [0.25, 0.3) is 0 Å². The Morgan fingerprint density at radius 2 is 2.18 bits per heavy atom. The summed E-state index contributed by atoms with van der Waals surface area (Å²) in [4.78, 5) is 0. The predicted octanol–water partition coefficient (Wildman–Crippen LogP) is 3.12. The summed E-state index contributed by atoms with van der Waals surface area (Å²) in [5.41, 5.74) is 1.01. The number of halogens is 1. The van der Waals surface area contributed by atoms with Gasteiger partial charge in [-0.05, 0) is 18.1 Å². The Kier molecular flexibility index (Phi) is 6.23. The van der Waals surface area contributed by atoms with Crippen LogP contribution < -0.4 is 9.88 Å². The van der Waals surface area contributed by atoms with Crippen molar-refractivity contribution in [3.63, 3.8) is 0 Å². The molecule has 0 aliphatic carbocycles. The van der Waals surface area contributed by atoms with Gasteiger partial charge in [0.1, 0.15) is 5.75 Å². The summed E-state index contributed by atoms with van der Waals surface area (Å²) >= 11 is 4.53. The van der Waals surface area contributed by atoms with Gasteiger partial charge in [-0.1, -0.05) is 37.6 Å². The normalized spacial score (nSPS) is 21.5. The minimum atomic E-state index is -1.75. The standard InChI is InChI=1S/C15H22ClNO4S/c1-3-15(4-2)20-12(8-9-19-22(17)18)10-11-6-5-7-13(16)14(11)21-15/h5-7,12H,3-4,8-10,17H2,1-2H3. The van der Waals surface area contributed by atoms with Gasteiger partial charge in [-0.25, -0.2) is 9.35 Å². The third-order valence-electron chi connectivity index (χ3n) is 3.88. The molecule has 2 atom stereocenters. The molecular weight excluding hydrogens is 326 g/mol. The monoisotopic (exact) mass is 347 g/mol. The molecule has 124 valence electrons. The molecule has 0 bridgehead atoms. The van der Waals surface area contributed by atoms with Gasteiger partial charge in [0, 0.05) is 19.3 Å². The van der Waals surface area contributed by atoms with Crippen molar-refractivity contribution in [2.45, 2.75) is 51.4 Å². The molecule has 7 heteroatoms. The first-order valence-electron chi connectivity index (χ1n) is 7.43. The molecule has 0 saturated heterocycles. The second-order valence-electron chi connectivity index (χ2n) is 5.26. The van der Waals surface area contributed by atoms with Crippen molar-refractivity contribution in [3.8, 4) is 5.75 Å². The van der Waals surface area contributed by atoms with Crippen molar-refractivity contribution in [2.24, 2.45) is 5.14 Å². The third kappa shape index (κ3) is 4.20. The fraction of sp³-hybridized carbons (Fsp3) is 0.600. The van der Waals surface area contributed by atoms with Crippen LogP contribution in [0.4, 0.5) is 0 Å². The van der Waals surface area contributed by atoms with E-state index in [0.717, 1.165) is 5.56 Å². The lowest BCUT2D eigenvalue weighted by Gasteiger charge is -2.33. The molecule has 2 unspecified atom stereocenters. The molecule has 1 aromatic rings. The van der Waals surface area contributed by atoms with Crippen LogP contribution in [0.15, 0.2) is 18.2 Å². The van der Waals surface area contributed by atoms with Gasteiger partial charge in [-0.3, -0.25) is 4.18 Å². The second kappa shape index (κ2) is 7.75. The molecule has 0 spiro atoms. The van der Waals surface area contributed by atoms with Gasteiger partial charge in [0.2, 0.25) is 17.1 Å². The molecule has 1 aliphatic rings. The summed E-state index contributed by atoms with van der Waals surface area (Å²) in [6.07, 6.45) is 2.55. The number of fused-ring (bicyclic) bond motifs is 1. The molecule has 0 fully saturated rings. The summed E-state index contributed by atoms with van der Waals surface area (Å²) in [7, 11) is 0. The lowest BCUT2D eigenvalue weighted by Crippen LogP contribution is -2.40. The van der Waals surface area contributed by atoms with Gasteiger partial charge in [0.25, 0.3) is 0 Å². The van der Waals surface area contributed by atoms with Gasteiger partial charge < -0.3 is 9.47 Å². The highest BCUT2D eigenvalue weighted by Gasteiger charge is 2.37. The van der Waals surface area contributed by atoms with E-state index in [1.807, 2.05) is 32.0 Å². The number of ether oxygens (including phenoxy) is 2. The smallest absolute Gasteiger partial charge is 0.231 e. The first-order valence-corrected chi connectivity index (χ1v) is 8.95. The first kappa shape index (κ1) is 17.7. The van der Waals surface area contributed by atoms with Crippen molar-refractivity contribution in [1.29, 1.82) is 0 Å². The van der Waals surface area contributed by atoms with E-state index in [1.54, 1.807) is 0 Å². The highest BCUT2D eigenvalue weighted by Crippen LogP contribution is 2.39. The van der Waals surface area contributed by atoms with Crippen molar-refractivity contribution >= 4 is 22.9 Å². The summed E-state index contributed by atoms with van der Waals surface area (Å²) in [5.74, 6) is -0.0124. The van der Waals surface area contributed by atoms with E-state index in [1.165, 1.54) is 0 Å². The zero-order valence-corrected chi connectivity index (χ0v) is 14.4. The number of para-hydroxylation sites is 1. The molecular formula is C15H22ClNO4S. The van der Waals surface area contributed by atoms with Gasteiger partial charge in [-0.2, -0.15) is 0 Å². The Bertz CT molecular complexity index is 536. The minimum Gasteiger partial charge on any atom is -0.461 e. The molecule has 2 rings (SSSR count). The van der Waals surface area contributed by atoms with Crippen LogP contribution in [0.1, 0.15) is 38.7 Å². The summed E-state index contributed by atoms with van der Waals surface area (Å²) in [6, 6.07) is 5.70. The Morgan fingerprint density at radius 3 is 2.82 bits per heavy atom. The summed E-state index contributed by atoms with van der Waals surface area (Å²) in [5, 5.41) is 5.70.